The van der Waals surface area contributed by atoms with Crippen LogP contribution in [-0.2, 0) is 20.9 Å². The molecular weight excluding hydrogens is 456 g/mol. The van der Waals surface area contributed by atoms with Crippen LogP contribution in [0.1, 0.15) is 17.2 Å². The molecule has 0 aromatic heterocycles. The Kier molecular flexibility index (Phi) is 6.30. The summed E-state index contributed by atoms with van der Waals surface area (Å²) >= 11 is 0. The Morgan fingerprint density at radius 1 is 1.03 bits per heavy atom. The zero-order chi connectivity index (χ0) is 22.9. The summed E-state index contributed by atoms with van der Waals surface area (Å²) in [4.78, 5) is 1.34. The van der Waals surface area contributed by atoms with Gasteiger partial charge in [-0.05, 0) is 35.9 Å². The zero-order valence-electron chi connectivity index (χ0n) is 16.7. The van der Waals surface area contributed by atoms with Crippen LogP contribution in [0.5, 0.6) is 11.5 Å². The number of fused-ring (bicyclic) bond motifs is 1. The van der Waals surface area contributed by atoms with E-state index >= 15 is 0 Å². The fraction of sp³-hybridized carbons (Fsp3) is 0.400. The Morgan fingerprint density at radius 3 is 2.47 bits per heavy atom. The van der Waals surface area contributed by atoms with E-state index < -0.39 is 38.5 Å². The molecule has 0 bridgehead atoms. The molecule has 7 nitrogen and oxygen atoms in total. The van der Waals surface area contributed by atoms with Crippen LogP contribution < -0.4 is 14.2 Å². The largest absolute Gasteiger partial charge is 0.454 e. The maximum atomic E-state index is 13.6. The number of sulfonamides is 1. The number of hydrogen-bond acceptors (Lipinski definition) is 6. The third-order valence-corrected chi connectivity index (χ3v) is 6.71. The average Bonchev–Trinajstić information content (AvgIpc) is 3.22. The van der Waals surface area contributed by atoms with E-state index in [-0.39, 0.29) is 13.3 Å². The summed E-state index contributed by atoms with van der Waals surface area (Å²) in [5.41, 5.74) is -0.894. The summed E-state index contributed by atoms with van der Waals surface area (Å²) in [6, 6.07) is 6.40. The third-order valence-electron chi connectivity index (χ3n) is 5.29. The average molecular weight is 476 g/mol. The van der Waals surface area contributed by atoms with E-state index in [4.69, 9.17) is 14.2 Å². The highest BCUT2D eigenvalue weighted by atomic mass is 32.2. The molecule has 2 aliphatic heterocycles. The summed E-state index contributed by atoms with van der Waals surface area (Å²) in [7, 11) is -4.34. The molecule has 0 spiro atoms. The van der Waals surface area contributed by atoms with Gasteiger partial charge in [-0.3, -0.25) is 4.90 Å². The van der Waals surface area contributed by atoms with Gasteiger partial charge in [0.25, 0.3) is 0 Å². The Balaban J connectivity index is 1.59. The molecule has 0 unspecified atom stereocenters. The van der Waals surface area contributed by atoms with Crippen LogP contribution >= 0.6 is 0 Å². The molecule has 2 aromatic rings. The SMILES string of the molecule is O=S(=O)(NC[C@@H](c1ccc2c(c1)OCO2)N1CCOCC1)c1ccc(F)c(C(F)(F)F)c1. The minimum absolute atomic E-state index is 0.0831. The molecule has 0 radical (unpaired) electrons. The van der Waals surface area contributed by atoms with Crippen LogP contribution in [0.3, 0.4) is 0 Å². The quantitative estimate of drug-likeness (QED) is 0.647. The van der Waals surface area contributed by atoms with Crippen LogP contribution in [0.2, 0.25) is 0 Å². The maximum absolute atomic E-state index is 13.6. The number of hydrogen-bond donors (Lipinski definition) is 1. The molecule has 1 atom stereocenters. The smallest absolute Gasteiger partial charge is 0.419 e. The van der Waals surface area contributed by atoms with Crippen molar-refractivity contribution in [1.82, 2.24) is 9.62 Å². The highest BCUT2D eigenvalue weighted by Gasteiger charge is 2.35. The zero-order valence-corrected chi connectivity index (χ0v) is 17.5. The van der Waals surface area contributed by atoms with Crippen LogP contribution in [0.4, 0.5) is 17.6 Å². The van der Waals surface area contributed by atoms with Gasteiger partial charge >= 0.3 is 6.18 Å². The lowest BCUT2D eigenvalue weighted by molar-refractivity contribution is -0.140. The second-order valence-corrected chi connectivity index (χ2v) is 9.04. The van der Waals surface area contributed by atoms with Gasteiger partial charge in [-0.1, -0.05) is 6.07 Å². The van der Waals surface area contributed by atoms with Crippen molar-refractivity contribution in [3.05, 3.63) is 53.3 Å². The van der Waals surface area contributed by atoms with Crippen molar-refractivity contribution in [3.63, 3.8) is 0 Å². The molecule has 0 aliphatic carbocycles. The van der Waals surface area contributed by atoms with Crippen LogP contribution in [0.15, 0.2) is 41.3 Å². The monoisotopic (exact) mass is 476 g/mol. The molecule has 1 N–H and O–H groups in total. The molecule has 4 rings (SSSR count). The van der Waals surface area contributed by atoms with Gasteiger partial charge in [0.2, 0.25) is 16.8 Å². The van der Waals surface area contributed by atoms with E-state index in [1.54, 1.807) is 18.2 Å². The van der Waals surface area contributed by atoms with E-state index in [1.807, 2.05) is 4.90 Å². The van der Waals surface area contributed by atoms with E-state index in [2.05, 4.69) is 4.72 Å². The van der Waals surface area contributed by atoms with E-state index in [9.17, 15) is 26.0 Å². The van der Waals surface area contributed by atoms with Gasteiger partial charge in [0.05, 0.1) is 23.7 Å². The van der Waals surface area contributed by atoms with Gasteiger partial charge in [0, 0.05) is 25.7 Å². The fourth-order valence-electron chi connectivity index (χ4n) is 3.63. The van der Waals surface area contributed by atoms with Gasteiger partial charge in [-0.15, -0.1) is 0 Å². The third kappa shape index (κ3) is 4.82. The first-order valence-corrected chi connectivity index (χ1v) is 11.2. The Hall–Kier alpha value is -2.41. The van der Waals surface area contributed by atoms with Crippen LogP contribution in [0.25, 0.3) is 0 Å². The van der Waals surface area contributed by atoms with Gasteiger partial charge in [0.1, 0.15) is 5.82 Å². The lowest BCUT2D eigenvalue weighted by Gasteiger charge is -2.35. The van der Waals surface area contributed by atoms with Gasteiger partial charge in [-0.2, -0.15) is 13.2 Å². The first-order valence-electron chi connectivity index (χ1n) is 9.73. The highest BCUT2D eigenvalue weighted by Crippen LogP contribution is 2.36. The normalized spacial score (nSPS) is 18.0. The molecule has 2 aromatic carbocycles. The van der Waals surface area contributed by atoms with E-state index in [0.29, 0.717) is 49.9 Å². The van der Waals surface area contributed by atoms with Crippen molar-refractivity contribution in [2.75, 3.05) is 39.6 Å². The summed E-state index contributed by atoms with van der Waals surface area (Å²) in [5.74, 6) is -0.443. The molecule has 1 fully saturated rings. The van der Waals surface area contributed by atoms with Crippen molar-refractivity contribution in [2.24, 2.45) is 0 Å². The highest BCUT2D eigenvalue weighted by molar-refractivity contribution is 7.89. The number of nitrogens with zero attached hydrogens (tertiary/aromatic N) is 1. The van der Waals surface area contributed by atoms with Crippen LogP contribution in [0, 0.1) is 5.82 Å². The lowest BCUT2D eigenvalue weighted by atomic mass is 10.0. The van der Waals surface area contributed by atoms with Crippen molar-refractivity contribution in [1.29, 1.82) is 0 Å². The molecule has 2 aliphatic rings. The number of halogens is 4. The molecule has 0 saturated carbocycles. The molecule has 1 saturated heterocycles. The second kappa shape index (κ2) is 8.85. The second-order valence-electron chi connectivity index (χ2n) is 7.27. The van der Waals surface area contributed by atoms with Crippen molar-refractivity contribution in [3.8, 4) is 11.5 Å². The van der Waals surface area contributed by atoms with Crippen molar-refractivity contribution < 1.29 is 40.2 Å². The maximum Gasteiger partial charge on any atom is 0.419 e. The molecule has 0 amide bonds. The number of ether oxygens (including phenoxy) is 3. The number of benzene rings is 2. The van der Waals surface area contributed by atoms with Gasteiger partial charge in [-0.25, -0.2) is 17.5 Å². The first kappa shape index (κ1) is 22.8. The predicted molar refractivity (Wildman–Crippen MR) is 104 cm³/mol. The first-order chi connectivity index (χ1) is 15.1. The fourth-order valence-corrected chi connectivity index (χ4v) is 4.69. The Bertz CT molecular complexity index is 1090. The number of morpholine rings is 1. The summed E-state index contributed by atoms with van der Waals surface area (Å²) in [6.07, 6.45) is -5.02. The van der Waals surface area contributed by atoms with Gasteiger partial charge < -0.3 is 14.2 Å². The summed E-state index contributed by atoms with van der Waals surface area (Å²) in [5, 5.41) is 0. The minimum Gasteiger partial charge on any atom is -0.454 e. The molecule has 32 heavy (non-hydrogen) atoms. The summed E-state index contributed by atoms with van der Waals surface area (Å²) < 4.78 is 96.5. The Morgan fingerprint density at radius 2 is 1.75 bits per heavy atom. The Labute approximate surface area is 181 Å². The predicted octanol–water partition coefficient (Wildman–Crippen LogP) is 2.93. The molecule has 174 valence electrons. The number of nitrogens with one attached hydrogen (secondary N) is 1. The molecule has 2 heterocycles. The van der Waals surface area contributed by atoms with E-state index in [1.165, 1.54) is 0 Å². The molecular formula is C20H20F4N2O5S. The van der Waals surface area contributed by atoms with Crippen molar-refractivity contribution in [2.45, 2.75) is 17.1 Å². The van der Waals surface area contributed by atoms with Crippen molar-refractivity contribution >= 4 is 10.0 Å². The van der Waals surface area contributed by atoms with Gasteiger partial charge in [0.15, 0.2) is 11.5 Å². The molecule has 12 heteroatoms. The van der Waals surface area contributed by atoms with E-state index in [0.717, 1.165) is 11.6 Å². The number of rotatable bonds is 6. The standard InChI is InChI=1S/C20H20F4N2O5S/c21-16-3-2-14(10-15(16)20(22,23)24)32(27,28)25-11-17(26-5-7-29-8-6-26)13-1-4-18-19(9-13)31-12-30-18/h1-4,9-10,17,25H,5-8,11-12H2/t17-/m0/s1. The topological polar surface area (TPSA) is 77.1 Å². The lowest BCUT2D eigenvalue weighted by Crippen LogP contribution is -2.43. The minimum atomic E-state index is -5.02. The summed E-state index contributed by atoms with van der Waals surface area (Å²) in [6.45, 7) is 1.95. The van der Waals surface area contributed by atoms with Crippen LogP contribution in [-0.4, -0.2) is 53.0 Å². The number of alkyl halides is 3.